The molecule has 1 aromatic rings. The van der Waals surface area contributed by atoms with Crippen molar-refractivity contribution in [2.45, 2.75) is 12.8 Å². The number of hydroxylamine groups is 2. The summed E-state index contributed by atoms with van der Waals surface area (Å²) in [6.45, 7) is 0.777. The minimum atomic E-state index is -0.677. The van der Waals surface area contributed by atoms with Crippen molar-refractivity contribution in [3.05, 3.63) is 38.3 Å². The van der Waals surface area contributed by atoms with E-state index in [9.17, 15) is 19.7 Å². The third-order valence-electron chi connectivity index (χ3n) is 2.56. The number of rotatable bonds is 2. The first-order valence-electron chi connectivity index (χ1n) is 5.41. The van der Waals surface area contributed by atoms with Crippen LogP contribution in [-0.4, -0.2) is 34.0 Å². The average molecular weight is 253 g/mol. The molecule has 0 unspecified atom stereocenters. The Kier molecular flexibility index (Phi) is 3.38. The normalized spacial score (nSPS) is 15.4. The molecule has 8 nitrogen and oxygen atoms in total. The number of aromatic amines is 1. The quantitative estimate of drug-likeness (QED) is 0.608. The van der Waals surface area contributed by atoms with Crippen LogP contribution in [0.3, 0.4) is 0 Å². The van der Waals surface area contributed by atoms with Crippen LogP contribution in [0.5, 0.6) is 0 Å². The molecule has 1 aliphatic rings. The first-order chi connectivity index (χ1) is 8.59. The van der Waals surface area contributed by atoms with Crippen molar-refractivity contribution in [3.63, 3.8) is 0 Å². The van der Waals surface area contributed by atoms with Crippen LogP contribution in [0.1, 0.15) is 23.2 Å². The molecule has 0 radical (unpaired) electrons. The van der Waals surface area contributed by atoms with Gasteiger partial charge in [0.05, 0.1) is 17.7 Å². The van der Waals surface area contributed by atoms with Gasteiger partial charge in [0.15, 0.2) is 0 Å². The number of carbonyl (C=O) groups excluding carboxylic acids is 1. The molecule has 18 heavy (non-hydrogen) atoms. The number of pyridine rings is 1. The van der Waals surface area contributed by atoms with E-state index in [0.29, 0.717) is 13.2 Å². The molecule has 0 atom stereocenters. The number of carbonyl (C=O) groups is 1. The lowest BCUT2D eigenvalue weighted by molar-refractivity contribution is -0.385. The van der Waals surface area contributed by atoms with Crippen molar-refractivity contribution in [2.24, 2.45) is 0 Å². The van der Waals surface area contributed by atoms with Gasteiger partial charge in [-0.2, -0.15) is 0 Å². The highest BCUT2D eigenvalue weighted by molar-refractivity contribution is 5.93. The van der Waals surface area contributed by atoms with Gasteiger partial charge in [-0.15, -0.1) is 0 Å². The van der Waals surface area contributed by atoms with Crippen LogP contribution >= 0.6 is 0 Å². The molecule has 0 spiro atoms. The van der Waals surface area contributed by atoms with E-state index in [1.54, 1.807) is 0 Å². The predicted octanol–water partition coefficient (Wildman–Crippen LogP) is 0.451. The van der Waals surface area contributed by atoms with Gasteiger partial charge in [-0.1, -0.05) is 0 Å². The fourth-order valence-corrected chi connectivity index (χ4v) is 1.63. The maximum Gasteiger partial charge on any atom is 0.286 e. The summed E-state index contributed by atoms with van der Waals surface area (Å²) in [4.78, 5) is 40.6. The fourth-order valence-electron chi connectivity index (χ4n) is 1.63. The summed E-state index contributed by atoms with van der Waals surface area (Å²) in [7, 11) is 0. The Morgan fingerprint density at radius 3 is 2.89 bits per heavy atom. The van der Waals surface area contributed by atoms with Crippen molar-refractivity contribution >= 4 is 11.6 Å². The van der Waals surface area contributed by atoms with E-state index < -0.39 is 16.4 Å². The molecule has 1 saturated heterocycles. The van der Waals surface area contributed by atoms with Gasteiger partial charge >= 0.3 is 0 Å². The number of H-pyrrole nitrogens is 1. The lowest BCUT2D eigenvalue weighted by atomic mass is 10.2. The van der Waals surface area contributed by atoms with Gasteiger partial charge in [0, 0.05) is 12.6 Å². The Bertz CT molecular complexity index is 533. The minimum Gasteiger partial charge on any atom is -0.322 e. The number of amides is 1. The highest BCUT2D eigenvalue weighted by Crippen LogP contribution is 2.13. The predicted molar refractivity (Wildman–Crippen MR) is 59.9 cm³/mol. The maximum absolute atomic E-state index is 12.0. The molecular formula is C10H11N3O5. The molecule has 96 valence electrons. The molecule has 2 heterocycles. The van der Waals surface area contributed by atoms with Crippen LogP contribution in [0.25, 0.3) is 0 Å². The van der Waals surface area contributed by atoms with E-state index in [1.165, 1.54) is 0 Å². The molecule has 0 bridgehead atoms. The van der Waals surface area contributed by atoms with Gasteiger partial charge in [0.2, 0.25) is 0 Å². The Morgan fingerprint density at radius 1 is 1.50 bits per heavy atom. The van der Waals surface area contributed by atoms with Gasteiger partial charge < -0.3 is 4.98 Å². The summed E-state index contributed by atoms with van der Waals surface area (Å²) in [5.41, 5.74) is -1.29. The van der Waals surface area contributed by atoms with Crippen molar-refractivity contribution in [2.75, 3.05) is 13.2 Å². The molecule has 8 heteroatoms. The smallest absolute Gasteiger partial charge is 0.286 e. The molecule has 0 saturated carbocycles. The zero-order chi connectivity index (χ0) is 13.1. The lowest BCUT2D eigenvalue weighted by Gasteiger charge is -2.25. The second-order valence-corrected chi connectivity index (χ2v) is 3.81. The first-order valence-corrected chi connectivity index (χ1v) is 5.41. The van der Waals surface area contributed by atoms with Crippen molar-refractivity contribution in [3.8, 4) is 0 Å². The van der Waals surface area contributed by atoms with Crippen LogP contribution in [0.4, 0.5) is 5.69 Å². The zero-order valence-electron chi connectivity index (χ0n) is 9.42. The summed E-state index contributed by atoms with van der Waals surface area (Å²) < 4.78 is 0. The molecule has 1 fully saturated rings. The highest BCUT2D eigenvalue weighted by atomic mass is 16.7. The topological polar surface area (TPSA) is 106 Å². The summed E-state index contributed by atoms with van der Waals surface area (Å²) in [6.07, 6.45) is 2.57. The number of aromatic nitrogens is 1. The number of nitrogens with zero attached hydrogens (tertiary/aromatic N) is 2. The molecule has 1 N–H and O–H groups in total. The van der Waals surface area contributed by atoms with Gasteiger partial charge in [-0.25, -0.2) is 5.06 Å². The first kappa shape index (κ1) is 12.2. The Hall–Kier alpha value is -2.22. The molecular weight excluding hydrogens is 242 g/mol. The SMILES string of the molecule is O=C(c1cc([N+](=O)[O-])c[nH]c1=O)N1CCCCO1. The Labute approximate surface area is 101 Å². The molecule has 1 aliphatic heterocycles. The van der Waals surface area contributed by atoms with Crippen LogP contribution < -0.4 is 5.56 Å². The van der Waals surface area contributed by atoms with E-state index in [-0.39, 0.29) is 11.3 Å². The van der Waals surface area contributed by atoms with Gasteiger partial charge in [0.25, 0.3) is 17.2 Å². The summed E-state index contributed by atoms with van der Waals surface area (Å²) in [5.74, 6) is -0.653. The standard InChI is InChI=1S/C10H11N3O5/c14-9-8(5-7(6-11-9)13(16)17)10(15)12-3-1-2-4-18-12/h5-6H,1-4H2,(H,11,14). The number of nitro groups is 1. The van der Waals surface area contributed by atoms with Crippen molar-refractivity contribution < 1.29 is 14.6 Å². The highest BCUT2D eigenvalue weighted by Gasteiger charge is 2.24. The summed E-state index contributed by atoms with van der Waals surface area (Å²) in [5, 5.41) is 11.7. The van der Waals surface area contributed by atoms with Crippen molar-refractivity contribution in [1.29, 1.82) is 0 Å². The summed E-state index contributed by atoms with van der Waals surface area (Å²) in [6, 6.07) is 0.957. The molecule has 0 aromatic carbocycles. The van der Waals surface area contributed by atoms with E-state index >= 15 is 0 Å². The molecule has 2 rings (SSSR count). The second-order valence-electron chi connectivity index (χ2n) is 3.81. The van der Waals surface area contributed by atoms with Gasteiger partial charge in [0.1, 0.15) is 5.56 Å². The number of hydrogen-bond acceptors (Lipinski definition) is 5. The van der Waals surface area contributed by atoms with Gasteiger partial charge in [-0.3, -0.25) is 24.5 Å². The molecule has 1 amide bonds. The maximum atomic E-state index is 12.0. The second kappa shape index (κ2) is 4.96. The van der Waals surface area contributed by atoms with Crippen LogP contribution in [0.2, 0.25) is 0 Å². The zero-order valence-corrected chi connectivity index (χ0v) is 9.42. The molecule has 0 aliphatic carbocycles. The third-order valence-corrected chi connectivity index (χ3v) is 2.56. The summed E-state index contributed by atoms with van der Waals surface area (Å²) >= 11 is 0. The molecule has 1 aromatic heterocycles. The van der Waals surface area contributed by atoms with E-state index in [4.69, 9.17) is 4.84 Å². The average Bonchev–Trinajstić information content (AvgIpc) is 2.39. The third kappa shape index (κ3) is 2.38. The van der Waals surface area contributed by atoms with Gasteiger partial charge in [-0.05, 0) is 12.8 Å². The monoisotopic (exact) mass is 253 g/mol. The van der Waals surface area contributed by atoms with Crippen LogP contribution in [-0.2, 0) is 4.84 Å². The number of nitrogens with one attached hydrogen (secondary N) is 1. The van der Waals surface area contributed by atoms with E-state index in [1.807, 2.05) is 0 Å². The Balaban J connectivity index is 2.31. The Morgan fingerprint density at radius 2 is 2.28 bits per heavy atom. The van der Waals surface area contributed by atoms with Crippen LogP contribution in [0, 0.1) is 10.1 Å². The lowest BCUT2D eigenvalue weighted by Crippen LogP contribution is -2.38. The van der Waals surface area contributed by atoms with Crippen LogP contribution in [0.15, 0.2) is 17.1 Å². The van der Waals surface area contributed by atoms with E-state index in [0.717, 1.165) is 30.2 Å². The van der Waals surface area contributed by atoms with Crippen molar-refractivity contribution in [1.82, 2.24) is 10.0 Å². The number of hydrogen-bond donors (Lipinski definition) is 1. The minimum absolute atomic E-state index is 0.286. The fraction of sp³-hybridized carbons (Fsp3) is 0.400. The largest absolute Gasteiger partial charge is 0.322 e. The van der Waals surface area contributed by atoms with E-state index in [2.05, 4.69) is 4.98 Å².